The lowest BCUT2D eigenvalue weighted by molar-refractivity contribution is -0.384. The number of methoxy groups -OCH3 is 1. The number of benzene rings is 1. The number of hydrogen-bond donors (Lipinski definition) is 1. The fourth-order valence-corrected chi connectivity index (χ4v) is 4.22. The van der Waals surface area contributed by atoms with Crippen LogP contribution in [0.5, 0.6) is 0 Å². The summed E-state index contributed by atoms with van der Waals surface area (Å²) in [5.41, 5.74) is 0.967. The Morgan fingerprint density at radius 1 is 1.40 bits per heavy atom. The van der Waals surface area contributed by atoms with Crippen LogP contribution in [0.3, 0.4) is 0 Å². The number of imidazole rings is 1. The lowest BCUT2D eigenvalue weighted by Crippen LogP contribution is -2.49. The molecular formula is C14H14N4O6S. The molecule has 0 amide bonds. The third kappa shape index (κ3) is 2.98. The van der Waals surface area contributed by atoms with Crippen molar-refractivity contribution < 1.29 is 22.9 Å². The third-order valence-electron chi connectivity index (χ3n) is 3.98. The Morgan fingerprint density at radius 2 is 2.08 bits per heavy atom. The number of rotatable bonds is 4. The molecule has 0 bridgehead atoms. The molecule has 1 unspecified atom stereocenters. The molecule has 2 aromatic rings. The molecule has 25 heavy (non-hydrogen) atoms. The smallest absolute Gasteiger partial charge is 0.324 e. The zero-order valence-corrected chi connectivity index (χ0v) is 13.9. The Kier molecular flexibility index (Phi) is 4.27. The minimum absolute atomic E-state index is 0.0750. The van der Waals surface area contributed by atoms with Gasteiger partial charge in [-0.2, -0.15) is 4.31 Å². The van der Waals surface area contributed by atoms with Gasteiger partial charge in [0.25, 0.3) is 5.69 Å². The van der Waals surface area contributed by atoms with E-state index in [1.807, 2.05) is 0 Å². The molecule has 132 valence electrons. The number of sulfonamides is 1. The predicted octanol–water partition coefficient (Wildman–Crippen LogP) is 0.606. The highest BCUT2D eigenvalue weighted by Crippen LogP contribution is 2.28. The first-order chi connectivity index (χ1) is 11.8. The van der Waals surface area contributed by atoms with E-state index in [1.54, 1.807) is 0 Å². The molecule has 1 aliphatic rings. The monoisotopic (exact) mass is 366 g/mol. The number of nitrogens with zero attached hydrogens (tertiary/aromatic N) is 3. The van der Waals surface area contributed by atoms with Gasteiger partial charge in [-0.1, -0.05) is 0 Å². The van der Waals surface area contributed by atoms with Gasteiger partial charge in [0.15, 0.2) is 0 Å². The number of nitrogens with one attached hydrogen (secondary N) is 1. The lowest BCUT2D eigenvalue weighted by Gasteiger charge is -2.32. The van der Waals surface area contributed by atoms with Crippen LogP contribution in [0.4, 0.5) is 5.69 Å². The van der Waals surface area contributed by atoms with E-state index in [1.165, 1.54) is 13.4 Å². The van der Waals surface area contributed by atoms with Gasteiger partial charge in [0.05, 0.1) is 41.2 Å². The van der Waals surface area contributed by atoms with Gasteiger partial charge in [-0.25, -0.2) is 13.4 Å². The van der Waals surface area contributed by atoms with E-state index < -0.39 is 27.0 Å². The first-order valence-electron chi connectivity index (χ1n) is 7.20. The van der Waals surface area contributed by atoms with Gasteiger partial charge in [0.2, 0.25) is 10.0 Å². The minimum Gasteiger partial charge on any atom is -0.468 e. The summed E-state index contributed by atoms with van der Waals surface area (Å²) < 4.78 is 31.6. The molecular weight excluding hydrogens is 352 g/mol. The molecule has 0 spiro atoms. The molecule has 0 saturated carbocycles. The molecule has 1 aromatic heterocycles. The molecule has 2 heterocycles. The summed E-state index contributed by atoms with van der Waals surface area (Å²) in [7, 11) is -2.89. The van der Waals surface area contributed by atoms with Crippen LogP contribution in [-0.2, 0) is 32.5 Å². The van der Waals surface area contributed by atoms with Crippen LogP contribution in [0.15, 0.2) is 35.5 Å². The Morgan fingerprint density at radius 3 is 2.68 bits per heavy atom. The van der Waals surface area contributed by atoms with Gasteiger partial charge in [-0.15, -0.1) is 0 Å². The van der Waals surface area contributed by atoms with Crippen molar-refractivity contribution >= 4 is 21.7 Å². The number of aromatic nitrogens is 2. The minimum atomic E-state index is -4.07. The number of ether oxygens (including phenoxy) is 1. The van der Waals surface area contributed by atoms with Crippen molar-refractivity contribution in [2.24, 2.45) is 0 Å². The van der Waals surface area contributed by atoms with Crippen LogP contribution in [0.2, 0.25) is 0 Å². The molecule has 1 aliphatic heterocycles. The van der Waals surface area contributed by atoms with Crippen molar-refractivity contribution in [2.45, 2.75) is 23.9 Å². The lowest BCUT2D eigenvalue weighted by atomic mass is 10.1. The molecule has 11 heteroatoms. The molecule has 0 radical (unpaired) electrons. The summed E-state index contributed by atoms with van der Waals surface area (Å²) in [4.78, 5) is 29.0. The Bertz CT molecular complexity index is 921. The summed E-state index contributed by atoms with van der Waals surface area (Å²) in [5, 5.41) is 10.7. The van der Waals surface area contributed by atoms with Crippen LogP contribution >= 0.6 is 0 Å². The number of carbonyl (C=O) groups is 1. The molecule has 1 N–H and O–H groups in total. The second-order valence-corrected chi connectivity index (χ2v) is 7.26. The average Bonchev–Trinajstić information content (AvgIpc) is 3.07. The molecule has 0 fully saturated rings. The number of fused-ring (bicyclic) bond motifs is 1. The molecule has 0 aliphatic carbocycles. The van der Waals surface area contributed by atoms with E-state index in [9.17, 15) is 23.3 Å². The number of non-ortho nitro benzene ring substituents is 1. The summed E-state index contributed by atoms with van der Waals surface area (Å²) in [6.45, 7) is -0.0750. The summed E-state index contributed by atoms with van der Waals surface area (Å²) in [6, 6.07) is 3.44. The predicted molar refractivity (Wildman–Crippen MR) is 83.9 cm³/mol. The number of nitro groups is 1. The standard InChI is InChI=1S/C14H14N4O6S/c1-24-14(19)13-6-11-12(16-8-15-11)7-17(13)25(22,23)10-4-2-9(3-5-10)18(20)21/h2-5,8,13H,6-7H2,1H3,(H,15,16). The van der Waals surface area contributed by atoms with E-state index in [0.29, 0.717) is 11.4 Å². The van der Waals surface area contributed by atoms with Gasteiger partial charge in [0, 0.05) is 18.6 Å². The van der Waals surface area contributed by atoms with Crippen LogP contribution in [0.25, 0.3) is 0 Å². The van der Waals surface area contributed by atoms with Gasteiger partial charge in [0.1, 0.15) is 6.04 Å². The van der Waals surface area contributed by atoms with E-state index in [4.69, 9.17) is 4.74 Å². The van der Waals surface area contributed by atoms with Crippen molar-refractivity contribution in [2.75, 3.05) is 7.11 Å². The maximum Gasteiger partial charge on any atom is 0.324 e. The van der Waals surface area contributed by atoms with Gasteiger partial charge >= 0.3 is 5.97 Å². The van der Waals surface area contributed by atoms with Crippen molar-refractivity contribution in [3.63, 3.8) is 0 Å². The van der Waals surface area contributed by atoms with Crippen molar-refractivity contribution in [3.05, 3.63) is 52.1 Å². The SMILES string of the molecule is COC(=O)C1Cc2nc[nH]c2CN1S(=O)(=O)c1ccc([N+](=O)[O-])cc1. The van der Waals surface area contributed by atoms with Gasteiger partial charge in [-0.3, -0.25) is 14.9 Å². The highest BCUT2D eigenvalue weighted by Gasteiger charge is 2.41. The topological polar surface area (TPSA) is 136 Å². The second kappa shape index (κ2) is 6.26. The fraction of sp³-hybridized carbons (Fsp3) is 0.286. The highest BCUT2D eigenvalue weighted by atomic mass is 32.2. The molecule has 1 atom stereocenters. The summed E-state index contributed by atoms with van der Waals surface area (Å²) >= 11 is 0. The number of esters is 1. The number of nitro benzene ring substituents is 1. The van der Waals surface area contributed by atoms with Crippen molar-refractivity contribution in [1.82, 2.24) is 14.3 Å². The average molecular weight is 366 g/mol. The van der Waals surface area contributed by atoms with E-state index in [-0.39, 0.29) is 23.5 Å². The Labute approximate surface area is 142 Å². The van der Waals surface area contributed by atoms with E-state index in [0.717, 1.165) is 28.6 Å². The number of hydrogen-bond acceptors (Lipinski definition) is 7. The maximum atomic E-state index is 12.9. The van der Waals surface area contributed by atoms with Gasteiger partial charge < -0.3 is 9.72 Å². The maximum absolute atomic E-state index is 12.9. The fourth-order valence-electron chi connectivity index (χ4n) is 2.68. The Balaban J connectivity index is 2.01. The van der Waals surface area contributed by atoms with E-state index in [2.05, 4.69) is 9.97 Å². The first-order valence-corrected chi connectivity index (χ1v) is 8.64. The molecule has 1 aromatic carbocycles. The van der Waals surface area contributed by atoms with Crippen LogP contribution in [0, 0.1) is 10.1 Å². The highest BCUT2D eigenvalue weighted by molar-refractivity contribution is 7.89. The summed E-state index contributed by atoms with van der Waals surface area (Å²) in [5.74, 6) is -0.695. The van der Waals surface area contributed by atoms with Crippen molar-refractivity contribution in [3.8, 4) is 0 Å². The van der Waals surface area contributed by atoms with Crippen LogP contribution < -0.4 is 0 Å². The van der Waals surface area contributed by atoms with E-state index >= 15 is 0 Å². The number of H-pyrrole nitrogens is 1. The zero-order valence-electron chi connectivity index (χ0n) is 13.1. The molecule has 10 nitrogen and oxygen atoms in total. The van der Waals surface area contributed by atoms with Crippen LogP contribution in [-0.4, -0.2) is 46.7 Å². The zero-order chi connectivity index (χ0) is 18.2. The normalized spacial score (nSPS) is 17.7. The molecule has 3 rings (SSSR count). The summed E-state index contributed by atoms with van der Waals surface area (Å²) in [6.07, 6.45) is 1.51. The third-order valence-corrected chi connectivity index (χ3v) is 5.85. The number of aromatic amines is 1. The van der Waals surface area contributed by atoms with Crippen molar-refractivity contribution in [1.29, 1.82) is 0 Å². The second-order valence-electron chi connectivity index (χ2n) is 5.37. The Hall–Kier alpha value is -2.79. The largest absolute Gasteiger partial charge is 0.468 e. The van der Waals surface area contributed by atoms with Gasteiger partial charge in [-0.05, 0) is 12.1 Å². The first kappa shape index (κ1) is 17.0. The van der Waals surface area contributed by atoms with Crippen LogP contribution in [0.1, 0.15) is 11.4 Å². The molecule has 0 saturated heterocycles. The number of carbonyl (C=O) groups excluding carboxylic acids is 1. The quantitative estimate of drug-likeness (QED) is 0.475.